The van der Waals surface area contributed by atoms with Gasteiger partial charge in [0.2, 0.25) is 0 Å². The average molecular weight is 392 g/mol. The van der Waals surface area contributed by atoms with Crippen molar-refractivity contribution in [1.82, 2.24) is 0 Å². The number of hydrogen-bond donors (Lipinski definition) is 1. The topological polar surface area (TPSA) is 81.7 Å². The van der Waals surface area contributed by atoms with E-state index in [0.717, 1.165) is 4.47 Å². The van der Waals surface area contributed by atoms with Gasteiger partial charge in [-0.3, -0.25) is 4.79 Å². The Hall–Kier alpha value is -2.67. The fourth-order valence-electron chi connectivity index (χ4n) is 1.83. The third kappa shape index (κ3) is 4.92. The first-order chi connectivity index (χ1) is 11.5. The summed E-state index contributed by atoms with van der Waals surface area (Å²) < 4.78 is 10.3. The molecule has 0 fully saturated rings. The monoisotopic (exact) mass is 391 g/mol. The predicted molar refractivity (Wildman–Crippen MR) is 90.8 cm³/mol. The standard InChI is InChI=1S/C17H14BrNO5/c1-23-16(21)11-5-7-14(8-6-11)19-15(20)10-24-17(22)12-3-2-4-13(18)9-12/h2-9H,10H2,1H3,(H,19,20). The van der Waals surface area contributed by atoms with E-state index in [4.69, 9.17) is 4.74 Å². The zero-order valence-electron chi connectivity index (χ0n) is 12.7. The molecule has 2 aromatic carbocycles. The Bertz CT molecular complexity index is 758. The predicted octanol–water partition coefficient (Wildman–Crippen LogP) is 3.03. The molecule has 6 nitrogen and oxygen atoms in total. The van der Waals surface area contributed by atoms with Gasteiger partial charge in [0.15, 0.2) is 6.61 Å². The van der Waals surface area contributed by atoms with Gasteiger partial charge in [-0.2, -0.15) is 0 Å². The zero-order valence-corrected chi connectivity index (χ0v) is 14.3. The van der Waals surface area contributed by atoms with Crippen LogP contribution in [0.3, 0.4) is 0 Å². The second kappa shape index (κ2) is 8.26. The third-order valence-electron chi connectivity index (χ3n) is 2.98. The maximum atomic E-state index is 11.8. The number of halogens is 1. The molecule has 0 aromatic heterocycles. The van der Waals surface area contributed by atoms with Crippen LogP contribution in [0.15, 0.2) is 53.0 Å². The number of ether oxygens (including phenoxy) is 2. The van der Waals surface area contributed by atoms with Crippen molar-refractivity contribution in [3.63, 3.8) is 0 Å². The summed E-state index contributed by atoms with van der Waals surface area (Å²) in [4.78, 5) is 34.9. The molecule has 2 aromatic rings. The van der Waals surface area contributed by atoms with Crippen LogP contribution in [0, 0.1) is 0 Å². The lowest BCUT2D eigenvalue weighted by molar-refractivity contribution is -0.119. The molecule has 0 heterocycles. The van der Waals surface area contributed by atoms with Gasteiger partial charge in [-0.25, -0.2) is 9.59 Å². The molecule has 1 amide bonds. The largest absolute Gasteiger partial charge is 0.465 e. The highest BCUT2D eigenvalue weighted by molar-refractivity contribution is 9.10. The molecular formula is C17H14BrNO5. The van der Waals surface area contributed by atoms with Crippen molar-refractivity contribution in [3.8, 4) is 0 Å². The number of benzene rings is 2. The van der Waals surface area contributed by atoms with Crippen LogP contribution in [0.1, 0.15) is 20.7 Å². The van der Waals surface area contributed by atoms with E-state index in [1.807, 2.05) is 0 Å². The van der Waals surface area contributed by atoms with Gasteiger partial charge in [-0.05, 0) is 42.5 Å². The van der Waals surface area contributed by atoms with Crippen LogP contribution in [-0.4, -0.2) is 31.6 Å². The molecule has 0 unspecified atom stereocenters. The molecule has 0 saturated carbocycles. The number of hydrogen-bond acceptors (Lipinski definition) is 5. The minimum Gasteiger partial charge on any atom is -0.465 e. The molecule has 0 aliphatic carbocycles. The molecule has 0 spiro atoms. The van der Waals surface area contributed by atoms with Gasteiger partial charge in [0.25, 0.3) is 5.91 Å². The van der Waals surface area contributed by atoms with Crippen molar-refractivity contribution >= 4 is 39.5 Å². The summed E-state index contributed by atoms with van der Waals surface area (Å²) in [5.74, 6) is -1.53. The van der Waals surface area contributed by atoms with Gasteiger partial charge in [0.1, 0.15) is 0 Å². The Morgan fingerprint density at radius 1 is 1.00 bits per heavy atom. The number of rotatable bonds is 5. The SMILES string of the molecule is COC(=O)c1ccc(NC(=O)COC(=O)c2cccc(Br)c2)cc1. The van der Waals surface area contributed by atoms with Gasteiger partial charge < -0.3 is 14.8 Å². The van der Waals surface area contributed by atoms with Crippen LogP contribution >= 0.6 is 15.9 Å². The zero-order chi connectivity index (χ0) is 17.5. The minimum absolute atomic E-state index is 0.347. The number of carbonyl (C=O) groups is 3. The van der Waals surface area contributed by atoms with E-state index >= 15 is 0 Å². The Kier molecular flexibility index (Phi) is 6.08. The van der Waals surface area contributed by atoms with Gasteiger partial charge in [-0.1, -0.05) is 22.0 Å². The first-order valence-electron chi connectivity index (χ1n) is 6.90. The molecule has 0 radical (unpaired) electrons. The van der Waals surface area contributed by atoms with Crippen LogP contribution in [0.2, 0.25) is 0 Å². The highest BCUT2D eigenvalue weighted by Crippen LogP contribution is 2.13. The van der Waals surface area contributed by atoms with Crippen molar-refractivity contribution in [3.05, 3.63) is 64.1 Å². The maximum Gasteiger partial charge on any atom is 0.338 e. The lowest BCUT2D eigenvalue weighted by Crippen LogP contribution is -2.21. The van der Waals surface area contributed by atoms with E-state index in [1.54, 1.807) is 36.4 Å². The van der Waals surface area contributed by atoms with Crippen molar-refractivity contribution in [2.75, 3.05) is 19.0 Å². The summed E-state index contributed by atoms with van der Waals surface area (Å²) in [6, 6.07) is 12.8. The summed E-state index contributed by atoms with van der Waals surface area (Å²) in [5.41, 5.74) is 1.20. The van der Waals surface area contributed by atoms with Gasteiger partial charge in [0, 0.05) is 10.2 Å². The van der Waals surface area contributed by atoms with Gasteiger partial charge in [0.05, 0.1) is 18.2 Å². The Morgan fingerprint density at radius 3 is 2.33 bits per heavy atom. The fraction of sp³-hybridized carbons (Fsp3) is 0.118. The summed E-state index contributed by atoms with van der Waals surface area (Å²) in [7, 11) is 1.29. The van der Waals surface area contributed by atoms with Crippen molar-refractivity contribution < 1.29 is 23.9 Å². The first-order valence-corrected chi connectivity index (χ1v) is 7.70. The van der Waals surface area contributed by atoms with E-state index in [9.17, 15) is 14.4 Å². The molecule has 24 heavy (non-hydrogen) atoms. The second-order valence-electron chi connectivity index (χ2n) is 4.70. The first kappa shape index (κ1) is 17.7. The average Bonchev–Trinajstić information content (AvgIpc) is 2.59. The number of methoxy groups -OCH3 is 1. The maximum absolute atomic E-state index is 11.8. The summed E-state index contributed by atoms with van der Waals surface area (Å²) in [6.45, 7) is -0.413. The third-order valence-corrected chi connectivity index (χ3v) is 3.48. The summed E-state index contributed by atoms with van der Waals surface area (Å²) >= 11 is 3.26. The molecule has 7 heteroatoms. The number of anilines is 1. The lowest BCUT2D eigenvalue weighted by Gasteiger charge is -2.07. The molecule has 0 bridgehead atoms. The van der Waals surface area contributed by atoms with Crippen LogP contribution in [0.25, 0.3) is 0 Å². The van der Waals surface area contributed by atoms with Crippen LogP contribution in [-0.2, 0) is 14.3 Å². The number of amides is 1. The van der Waals surface area contributed by atoms with E-state index in [1.165, 1.54) is 19.2 Å². The van der Waals surface area contributed by atoms with Crippen molar-refractivity contribution in [1.29, 1.82) is 0 Å². The Morgan fingerprint density at radius 2 is 1.71 bits per heavy atom. The summed E-state index contributed by atoms with van der Waals surface area (Å²) in [6.07, 6.45) is 0. The molecule has 2 rings (SSSR count). The molecule has 1 N–H and O–H groups in total. The Labute approximate surface area is 146 Å². The van der Waals surface area contributed by atoms with Crippen LogP contribution in [0.4, 0.5) is 5.69 Å². The van der Waals surface area contributed by atoms with E-state index in [2.05, 4.69) is 26.0 Å². The minimum atomic E-state index is -0.590. The van der Waals surface area contributed by atoms with Gasteiger partial charge >= 0.3 is 11.9 Å². The Balaban J connectivity index is 1.87. The van der Waals surface area contributed by atoms with Crippen molar-refractivity contribution in [2.24, 2.45) is 0 Å². The van der Waals surface area contributed by atoms with E-state index in [-0.39, 0.29) is 0 Å². The molecule has 0 aliphatic rings. The van der Waals surface area contributed by atoms with Crippen LogP contribution in [0.5, 0.6) is 0 Å². The quantitative estimate of drug-likeness (QED) is 0.792. The highest BCUT2D eigenvalue weighted by Gasteiger charge is 2.11. The fourth-order valence-corrected chi connectivity index (χ4v) is 2.23. The smallest absolute Gasteiger partial charge is 0.338 e. The van der Waals surface area contributed by atoms with Crippen LogP contribution < -0.4 is 5.32 Å². The lowest BCUT2D eigenvalue weighted by atomic mass is 10.2. The normalized spacial score (nSPS) is 9.92. The molecule has 0 aliphatic heterocycles. The van der Waals surface area contributed by atoms with Crippen molar-refractivity contribution in [2.45, 2.75) is 0 Å². The van der Waals surface area contributed by atoms with E-state index < -0.39 is 24.5 Å². The second-order valence-corrected chi connectivity index (χ2v) is 5.62. The summed E-state index contributed by atoms with van der Waals surface area (Å²) in [5, 5.41) is 2.57. The molecule has 0 saturated heterocycles. The number of esters is 2. The number of nitrogens with one attached hydrogen (secondary N) is 1. The van der Waals surface area contributed by atoms with Gasteiger partial charge in [-0.15, -0.1) is 0 Å². The molecular weight excluding hydrogens is 378 g/mol. The molecule has 0 atom stereocenters. The van der Waals surface area contributed by atoms with E-state index in [0.29, 0.717) is 16.8 Å². The molecule has 124 valence electrons. The highest BCUT2D eigenvalue weighted by atomic mass is 79.9. The number of carbonyl (C=O) groups excluding carboxylic acids is 3.